The Balaban J connectivity index is 1.98. The first-order valence-corrected chi connectivity index (χ1v) is 9.39. The van der Waals surface area contributed by atoms with Crippen LogP contribution in [0.1, 0.15) is 11.8 Å². The van der Waals surface area contributed by atoms with Crippen molar-refractivity contribution in [3.05, 3.63) is 62.9 Å². The van der Waals surface area contributed by atoms with E-state index in [1.807, 2.05) is 4.98 Å². The number of rotatable bonds is 5. The summed E-state index contributed by atoms with van der Waals surface area (Å²) in [6.07, 6.45) is -4.50. The van der Waals surface area contributed by atoms with Crippen LogP contribution in [0.2, 0.25) is 0 Å². The number of nitrogens with one attached hydrogen (secondary N) is 1. The minimum Gasteiger partial charge on any atom is -0.394 e. The number of aliphatic hydroxyl groups is 2. The molecule has 2 heterocycles. The predicted molar refractivity (Wildman–Crippen MR) is 91.6 cm³/mol. The molecule has 0 spiro atoms. The van der Waals surface area contributed by atoms with Crippen LogP contribution in [0.3, 0.4) is 0 Å². The lowest BCUT2D eigenvalue weighted by atomic mass is 10.1. The fourth-order valence-electron chi connectivity index (χ4n) is 2.73. The zero-order valence-electron chi connectivity index (χ0n) is 14.2. The topological polar surface area (TPSA) is 148 Å². The summed E-state index contributed by atoms with van der Waals surface area (Å²) < 4.78 is 36.6. The molecular formula is C16H18N2O8S. The lowest BCUT2D eigenvalue weighted by molar-refractivity contribution is -0.0519. The van der Waals surface area contributed by atoms with Gasteiger partial charge in [0, 0.05) is 12.3 Å². The average Bonchev–Trinajstić information content (AvgIpc) is 2.91. The summed E-state index contributed by atoms with van der Waals surface area (Å²) in [7, 11) is -4.30. The van der Waals surface area contributed by atoms with E-state index in [0.717, 1.165) is 22.4 Å². The largest absolute Gasteiger partial charge is 0.394 e. The Kier molecular flexibility index (Phi) is 5.31. The van der Waals surface area contributed by atoms with Crippen LogP contribution in [0.25, 0.3) is 0 Å². The van der Waals surface area contributed by atoms with E-state index in [9.17, 15) is 28.2 Å². The number of hydrogen-bond donors (Lipinski definition) is 3. The van der Waals surface area contributed by atoms with Crippen LogP contribution in [0, 0.1) is 6.92 Å². The van der Waals surface area contributed by atoms with Crippen LogP contribution < -0.4 is 11.2 Å². The maximum atomic E-state index is 12.6. The van der Waals surface area contributed by atoms with Crippen molar-refractivity contribution in [2.75, 3.05) is 6.61 Å². The van der Waals surface area contributed by atoms with Crippen molar-refractivity contribution in [1.29, 1.82) is 0 Å². The summed E-state index contributed by atoms with van der Waals surface area (Å²) in [5.41, 5.74) is -0.686. The van der Waals surface area contributed by atoms with Gasteiger partial charge in [-0.1, -0.05) is 17.7 Å². The maximum Gasteiger partial charge on any atom is 0.330 e. The normalized spacial score (nSPS) is 25.6. The molecule has 3 rings (SSSR count). The third kappa shape index (κ3) is 3.87. The first-order valence-electron chi connectivity index (χ1n) is 7.99. The molecule has 3 N–H and O–H groups in total. The van der Waals surface area contributed by atoms with Gasteiger partial charge in [-0.2, -0.15) is 8.42 Å². The van der Waals surface area contributed by atoms with E-state index in [2.05, 4.69) is 0 Å². The Morgan fingerprint density at radius 3 is 2.48 bits per heavy atom. The summed E-state index contributed by atoms with van der Waals surface area (Å²) in [4.78, 5) is 25.1. The van der Waals surface area contributed by atoms with Crippen LogP contribution in [-0.2, 0) is 19.0 Å². The molecule has 1 saturated heterocycles. The highest BCUT2D eigenvalue weighted by Crippen LogP contribution is 2.33. The molecule has 0 radical (unpaired) electrons. The maximum absolute atomic E-state index is 12.6. The third-order valence-corrected chi connectivity index (χ3v) is 5.49. The molecule has 2 aromatic rings. The van der Waals surface area contributed by atoms with Gasteiger partial charge in [-0.3, -0.25) is 18.5 Å². The van der Waals surface area contributed by atoms with Gasteiger partial charge in [-0.25, -0.2) is 4.79 Å². The van der Waals surface area contributed by atoms with Gasteiger partial charge in [0.2, 0.25) is 0 Å². The number of ether oxygens (including phenoxy) is 1. The van der Waals surface area contributed by atoms with Gasteiger partial charge in [0.1, 0.15) is 12.2 Å². The number of aromatic amines is 1. The van der Waals surface area contributed by atoms with Gasteiger partial charge >= 0.3 is 5.69 Å². The SMILES string of the molecule is Cc1ccc(S(=O)(=O)O[C@H]2C(n3ccc(=O)[nH]c3=O)O[C@H](CO)[C@H]2O)cc1. The van der Waals surface area contributed by atoms with Crippen LogP contribution in [0.4, 0.5) is 0 Å². The predicted octanol–water partition coefficient (Wildman–Crippen LogP) is -1.13. The number of aromatic nitrogens is 2. The molecule has 10 nitrogen and oxygen atoms in total. The monoisotopic (exact) mass is 398 g/mol. The van der Waals surface area contributed by atoms with Gasteiger partial charge in [-0.15, -0.1) is 0 Å². The van der Waals surface area contributed by atoms with Crippen LogP contribution in [0.5, 0.6) is 0 Å². The minimum absolute atomic E-state index is 0.139. The molecule has 1 aromatic carbocycles. The molecule has 1 fully saturated rings. The average molecular weight is 398 g/mol. The van der Waals surface area contributed by atoms with E-state index in [4.69, 9.17) is 8.92 Å². The van der Waals surface area contributed by atoms with Crippen LogP contribution in [0.15, 0.2) is 51.0 Å². The van der Waals surface area contributed by atoms with Crippen molar-refractivity contribution >= 4 is 10.1 Å². The first kappa shape index (κ1) is 19.5. The second-order valence-corrected chi connectivity index (χ2v) is 7.66. The molecule has 0 amide bonds. The zero-order chi connectivity index (χ0) is 19.8. The number of H-pyrrole nitrogens is 1. The van der Waals surface area contributed by atoms with E-state index in [1.54, 1.807) is 19.1 Å². The van der Waals surface area contributed by atoms with E-state index >= 15 is 0 Å². The lowest BCUT2D eigenvalue weighted by Crippen LogP contribution is -2.40. The molecule has 27 heavy (non-hydrogen) atoms. The molecule has 0 saturated carbocycles. The zero-order valence-corrected chi connectivity index (χ0v) is 15.0. The fourth-order valence-corrected chi connectivity index (χ4v) is 3.81. The van der Waals surface area contributed by atoms with Gasteiger partial charge in [0.25, 0.3) is 15.7 Å². The van der Waals surface area contributed by atoms with E-state index in [0.29, 0.717) is 0 Å². The molecule has 1 aromatic heterocycles. The fraction of sp³-hybridized carbons (Fsp3) is 0.375. The summed E-state index contributed by atoms with van der Waals surface area (Å²) in [5, 5.41) is 19.7. The van der Waals surface area contributed by atoms with Gasteiger partial charge < -0.3 is 14.9 Å². The molecule has 1 aliphatic heterocycles. The van der Waals surface area contributed by atoms with Crippen molar-refractivity contribution in [2.45, 2.75) is 36.4 Å². The smallest absolute Gasteiger partial charge is 0.330 e. The molecule has 146 valence electrons. The highest BCUT2D eigenvalue weighted by atomic mass is 32.2. The molecule has 4 atom stereocenters. The Morgan fingerprint density at radius 1 is 1.22 bits per heavy atom. The highest BCUT2D eigenvalue weighted by molar-refractivity contribution is 7.86. The minimum atomic E-state index is -4.30. The molecule has 1 aliphatic rings. The van der Waals surface area contributed by atoms with Crippen LogP contribution >= 0.6 is 0 Å². The molecule has 0 aliphatic carbocycles. The number of nitrogens with zero attached hydrogens (tertiary/aromatic N) is 1. The Labute approximate surface area is 153 Å². The molecule has 11 heteroatoms. The van der Waals surface area contributed by atoms with E-state index in [-0.39, 0.29) is 4.90 Å². The van der Waals surface area contributed by atoms with E-state index in [1.165, 1.54) is 12.1 Å². The number of aliphatic hydroxyl groups excluding tert-OH is 2. The van der Waals surface area contributed by atoms with Crippen molar-refractivity contribution in [1.82, 2.24) is 9.55 Å². The van der Waals surface area contributed by atoms with Gasteiger partial charge in [0.05, 0.1) is 11.5 Å². The molecule has 0 bridgehead atoms. The molecular weight excluding hydrogens is 380 g/mol. The number of hydrogen-bond acceptors (Lipinski definition) is 8. The lowest BCUT2D eigenvalue weighted by Gasteiger charge is -2.21. The second-order valence-electron chi connectivity index (χ2n) is 6.08. The summed E-state index contributed by atoms with van der Waals surface area (Å²) in [6, 6.07) is 6.89. The molecule has 1 unspecified atom stereocenters. The van der Waals surface area contributed by atoms with Crippen molar-refractivity contribution in [2.24, 2.45) is 0 Å². The van der Waals surface area contributed by atoms with E-state index < -0.39 is 52.5 Å². The summed E-state index contributed by atoms with van der Waals surface area (Å²) in [5.74, 6) is 0. The third-order valence-electron chi connectivity index (χ3n) is 4.17. The Bertz CT molecular complexity index is 1030. The Morgan fingerprint density at radius 2 is 1.89 bits per heavy atom. The first-order chi connectivity index (χ1) is 12.7. The quantitative estimate of drug-likeness (QED) is 0.536. The van der Waals surface area contributed by atoms with Gasteiger partial charge in [0.15, 0.2) is 12.3 Å². The second kappa shape index (κ2) is 7.37. The standard InChI is InChI=1S/C16H18N2O8S/c1-9-2-4-10(5-3-9)27(23,24)26-14-13(21)11(8-19)25-15(14)18-7-6-12(20)17-16(18)22/h2-7,11,13-15,19,21H,8H2,1H3,(H,17,20,22)/t11-,13-,14-,15?/m1/s1. The summed E-state index contributed by atoms with van der Waals surface area (Å²) in [6.45, 7) is 1.16. The van der Waals surface area contributed by atoms with Crippen molar-refractivity contribution < 1.29 is 27.6 Å². The van der Waals surface area contributed by atoms with Crippen molar-refractivity contribution in [3.63, 3.8) is 0 Å². The Hall–Kier alpha value is -2.31. The highest BCUT2D eigenvalue weighted by Gasteiger charge is 2.48. The van der Waals surface area contributed by atoms with Crippen molar-refractivity contribution in [3.8, 4) is 0 Å². The van der Waals surface area contributed by atoms with Crippen LogP contribution in [-0.4, -0.2) is 53.1 Å². The number of aryl methyl sites for hydroxylation is 1. The summed E-state index contributed by atoms with van der Waals surface area (Å²) >= 11 is 0. The van der Waals surface area contributed by atoms with Gasteiger partial charge in [-0.05, 0) is 19.1 Å². The number of benzene rings is 1.